The molecule has 7 heteroatoms. The number of anilines is 1. The smallest absolute Gasteiger partial charge is 0.271 e. The summed E-state index contributed by atoms with van der Waals surface area (Å²) in [6.07, 6.45) is 7.97. The Hall–Kier alpha value is -4.05. The van der Waals surface area contributed by atoms with Crippen LogP contribution in [0.2, 0.25) is 0 Å². The van der Waals surface area contributed by atoms with Gasteiger partial charge in [-0.1, -0.05) is 44.2 Å². The Balaban J connectivity index is 0.00000105. The maximum absolute atomic E-state index is 9.20. The van der Waals surface area contributed by atoms with Gasteiger partial charge in [-0.15, -0.1) is 10.2 Å². The molecular weight excluding hydrogens is 398 g/mol. The van der Waals surface area contributed by atoms with Crippen molar-refractivity contribution in [3.05, 3.63) is 77.3 Å². The fourth-order valence-electron chi connectivity index (χ4n) is 4.16. The maximum atomic E-state index is 9.20. The van der Waals surface area contributed by atoms with Gasteiger partial charge < -0.3 is 5.32 Å². The molecule has 2 aromatic carbocycles. The first-order chi connectivity index (χ1) is 15.8. The monoisotopic (exact) mass is 421 g/mol. The molecular formula is C25H23N7. The van der Waals surface area contributed by atoms with Crippen molar-refractivity contribution in [2.75, 3.05) is 11.9 Å². The van der Waals surface area contributed by atoms with Crippen molar-refractivity contribution in [3.8, 4) is 17.3 Å². The van der Waals surface area contributed by atoms with Crippen LogP contribution in [0.5, 0.6) is 0 Å². The summed E-state index contributed by atoms with van der Waals surface area (Å²) in [5, 5.41) is 26.1. The van der Waals surface area contributed by atoms with Crippen LogP contribution in [0, 0.1) is 11.3 Å². The van der Waals surface area contributed by atoms with Gasteiger partial charge in [0.15, 0.2) is 5.82 Å². The molecule has 1 aliphatic carbocycles. The molecule has 1 saturated carbocycles. The fourth-order valence-corrected chi connectivity index (χ4v) is 4.16. The lowest BCUT2D eigenvalue weighted by Gasteiger charge is -2.18. The van der Waals surface area contributed by atoms with Crippen LogP contribution in [0.3, 0.4) is 0 Å². The predicted molar refractivity (Wildman–Crippen MR) is 124 cm³/mol. The van der Waals surface area contributed by atoms with E-state index in [1.807, 2.05) is 32.0 Å². The van der Waals surface area contributed by atoms with Crippen LogP contribution in [0.1, 0.15) is 49.2 Å². The van der Waals surface area contributed by atoms with E-state index in [0.717, 1.165) is 36.5 Å². The molecule has 1 N–H and O–H groups in total. The number of hydrogen-bond donors (Lipinski definition) is 1. The molecule has 2 aliphatic rings. The molecule has 1 aliphatic heterocycles. The standard InChI is InChI=1S/C23H17N7.C2H6/c24-13-15-3-1-4-16(11-15)20-14-26-22-28-27-21(30(22)29-20)23(8-9-23)18-6-7-19-17(12-18)5-2-10-25-19;1-2/h1-7,11-12,14,25H,8-10H2;1-2H3. The number of benzene rings is 2. The van der Waals surface area contributed by atoms with Crippen LogP contribution in [-0.2, 0) is 5.41 Å². The molecule has 4 aromatic rings. The number of nitrogens with one attached hydrogen (secondary N) is 1. The zero-order valence-electron chi connectivity index (χ0n) is 18.1. The van der Waals surface area contributed by atoms with Gasteiger partial charge in [0.25, 0.3) is 5.78 Å². The first-order valence-corrected chi connectivity index (χ1v) is 10.9. The van der Waals surface area contributed by atoms with E-state index in [4.69, 9.17) is 5.10 Å². The van der Waals surface area contributed by atoms with E-state index in [0.29, 0.717) is 17.0 Å². The van der Waals surface area contributed by atoms with Crippen LogP contribution >= 0.6 is 0 Å². The van der Waals surface area contributed by atoms with E-state index in [1.165, 1.54) is 11.1 Å². The minimum absolute atomic E-state index is 0.193. The van der Waals surface area contributed by atoms with Crippen molar-refractivity contribution in [2.45, 2.75) is 32.1 Å². The fraction of sp³-hybridized carbons (Fsp3) is 0.240. The van der Waals surface area contributed by atoms with Gasteiger partial charge >= 0.3 is 0 Å². The molecule has 32 heavy (non-hydrogen) atoms. The zero-order valence-corrected chi connectivity index (χ0v) is 18.1. The van der Waals surface area contributed by atoms with Crippen molar-refractivity contribution in [1.82, 2.24) is 24.8 Å². The molecule has 0 radical (unpaired) electrons. The highest BCUT2D eigenvalue weighted by atomic mass is 15.4. The Kier molecular flexibility index (Phi) is 4.91. The van der Waals surface area contributed by atoms with E-state index in [2.05, 4.69) is 56.9 Å². The summed E-state index contributed by atoms with van der Waals surface area (Å²) in [7, 11) is 0. The molecule has 0 spiro atoms. The summed E-state index contributed by atoms with van der Waals surface area (Å²) >= 11 is 0. The van der Waals surface area contributed by atoms with Crippen LogP contribution < -0.4 is 5.32 Å². The summed E-state index contributed by atoms with van der Waals surface area (Å²) in [6, 6.07) is 16.1. The minimum Gasteiger partial charge on any atom is -0.381 e. The molecule has 0 saturated heterocycles. The molecule has 2 aromatic heterocycles. The predicted octanol–water partition coefficient (Wildman–Crippen LogP) is 4.60. The highest BCUT2D eigenvalue weighted by molar-refractivity contribution is 5.71. The summed E-state index contributed by atoms with van der Waals surface area (Å²) in [5.74, 6) is 1.30. The Labute approximate surface area is 186 Å². The Morgan fingerprint density at radius 2 is 1.97 bits per heavy atom. The number of nitrogens with zero attached hydrogens (tertiary/aromatic N) is 6. The second-order valence-corrected chi connectivity index (χ2v) is 7.74. The van der Waals surface area contributed by atoms with Gasteiger partial charge in [-0.3, -0.25) is 0 Å². The van der Waals surface area contributed by atoms with Crippen molar-refractivity contribution in [1.29, 1.82) is 5.26 Å². The largest absolute Gasteiger partial charge is 0.381 e. The van der Waals surface area contributed by atoms with Gasteiger partial charge in [-0.2, -0.15) is 14.9 Å². The van der Waals surface area contributed by atoms with Crippen LogP contribution in [-0.4, -0.2) is 31.3 Å². The number of nitriles is 1. The van der Waals surface area contributed by atoms with Crippen molar-refractivity contribution >= 4 is 17.5 Å². The topological polar surface area (TPSA) is 91.8 Å². The third-order valence-electron chi connectivity index (χ3n) is 5.91. The van der Waals surface area contributed by atoms with E-state index in [-0.39, 0.29) is 5.41 Å². The summed E-state index contributed by atoms with van der Waals surface area (Å²) in [4.78, 5) is 4.46. The van der Waals surface area contributed by atoms with Crippen molar-refractivity contribution < 1.29 is 0 Å². The number of hydrogen-bond acceptors (Lipinski definition) is 6. The summed E-state index contributed by atoms with van der Waals surface area (Å²) in [5.41, 5.74) is 5.51. The van der Waals surface area contributed by atoms with E-state index in [9.17, 15) is 5.26 Å². The molecule has 6 rings (SSSR count). The molecule has 7 nitrogen and oxygen atoms in total. The molecule has 0 bridgehead atoms. The normalized spacial score (nSPS) is 15.2. The van der Waals surface area contributed by atoms with Gasteiger partial charge in [0, 0.05) is 17.8 Å². The quantitative estimate of drug-likeness (QED) is 0.520. The summed E-state index contributed by atoms with van der Waals surface area (Å²) < 4.78 is 1.76. The number of rotatable bonds is 3. The third kappa shape index (κ3) is 3.21. The molecule has 0 amide bonds. The van der Waals surface area contributed by atoms with Gasteiger partial charge in [0.1, 0.15) is 5.69 Å². The zero-order chi connectivity index (χ0) is 22.1. The van der Waals surface area contributed by atoms with Gasteiger partial charge in [-0.05, 0) is 48.2 Å². The Morgan fingerprint density at radius 1 is 1.09 bits per heavy atom. The van der Waals surface area contributed by atoms with E-state index < -0.39 is 0 Å². The first-order valence-electron chi connectivity index (χ1n) is 10.9. The van der Waals surface area contributed by atoms with E-state index in [1.54, 1.807) is 16.8 Å². The van der Waals surface area contributed by atoms with Gasteiger partial charge in [0.2, 0.25) is 0 Å². The first kappa shape index (κ1) is 19.9. The van der Waals surface area contributed by atoms with Gasteiger partial charge in [0.05, 0.1) is 23.2 Å². The minimum atomic E-state index is -0.193. The molecule has 1 fully saturated rings. The molecule has 3 heterocycles. The SMILES string of the molecule is CC.N#Cc1cccc(-c2cnc3nnc(C4(c5ccc6c(c5)C=CCN6)CC4)n3n2)c1. The van der Waals surface area contributed by atoms with Crippen LogP contribution in [0.15, 0.2) is 54.7 Å². The Morgan fingerprint density at radius 3 is 2.78 bits per heavy atom. The van der Waals surface area contributed by atoms with Crippen molar-refractivity contribution in [2.24, 2.45) is 0 Å². The lowest BCUT2D eigenvalue weighted by molar-refractivity contribution is 0.702. The third-order valence-corrected chi connectivity index (χ3v) is 5.91. The number of aromatic nitrogens is 5. The highest BCUT2D eigenvalue weighted by Gasteiger charge is 2.50. The molecule has 0 atom stereocenters. The highest BCUT2D eigenvalue weighted by Crippen LogP contribution is 2.53. The van der Waals surface area contributed by atoms with Crippen LogP contribution in [0.4, 0.5) is 5.69 Å². The average Bonchev–Trinajstić information content (AvgIpc) is 3.57. The molecule has 158 valence electrons. The summed E-state index contributed by atoms with van der Waals surface area (Å²) in [6.45, 7) is 4.86. The van der Waals surface area contributed by atoms with E-state index >= 15 is 0 Å². The second kappa shape index (κ2) is 7.89. The lowest BCUT2D eigenvalue weighted by atomic mass is 9.92. The molecule has 0 unspecified atom stereocenters. The Bertz CT molecular complexity index is 1370. The second-order valence-electron chi connectivity index (χ2n) is 7.74. The number of fused-ring (bicyclic) bond motifs is 2. The average molecular weight is 422 g/mol. The van der Waals surface area contributed by atoms with Gasteiger partial charge in [-0.25, -0.2) is 4.98 Å². The maximum Gasteiger partial charge on any atom is 0.271 e. The van der Waals surface area contributed by atoms with Crippen molar-refractivity contribution in [3.63, 3.8) is 0 Å². The van der Waals surface area contributed by atoms with Crippen LogP contribution in [0.25, 0.3) is 23.1 Å². The lowest BCUT2D eigenvalue weighted by Crippen LogP contribution is -2.16.